The predicted octanol–water partition coefficient (Wildman–Crippen LogP) is 3.35. The number of carbonyl (C=O) groups excluding carboxylic acids is 2. The number of hydrogen-bond donors (Lipinski definition) is 0. The van der Waals surface area contributed by atoms with Gasteiger partial charge in [0, 0.05) is 0 Å². The van der Waals surface area contributed by atoms with Gasteiger partial charge in [0.05, 0.1) is 6.42 Å². The van der Waals surface area contributed by atoms with E-state index < -0.39 is 24.2 Å². The second kappa shape index (κ2) is 6.68. The Morgan fingerprint density at radius 2 is 1.68 bits per heavy atom. The maximum Gasteiger partial charge on any atom is 0.450 e. The lowest BCUT2D eigenvalue weighted by Gasteiger charge is -2.01. The van der Waals surface area contributed by atoms with E-state index in [1.807, 2.05) is 30.3 Å². The molecule has 0 bridgehead atoms. The summed E-state index contributed by atoms with van der Waals surface area (Å²) in [6.45, 7) is 0. The molecule has 2 nitrogen and oxygen atoms in total. The number of allylic oxidation sites excluding steroid dienone is 3. The van der Waals surface area contributed by atoms with Crippen molar-refractivity contribution in [3.8, 4) is 0 Å². The van der Waals surface area contributed by atoms with Gasteiger partial charge in [0.1, 0.15) is 0 Å². The molecule has 1 aromatic carbocycles. The topological polar surface area (TPSA) is 34.1 Å². The SMILES string of the molecule is O=C(/C=C/C=C/c1ccccc1)CC(=O)C(F)(F)F. The van der Waals surface area contributed by atoms with Crippen molar-refractivity contribution in [2.24, 2.45) is 0 Å². The van der Waals surface area contributed by atoms with Crippen LogP contribution in [0.5, 0.6) is 0 Å². The molecule has 0 radical (unpaired) electrons. The van der Waals surface area contributed by atoms with Crippen LogP contribution in [0.1, 0.15) is 12.0 Å². The van der Waals surface area contributed by atoms with Gasteiger partial charge in [0.2, 0.25) is 5.78 Å². The molecule has 0 saturated carbocycles. The Morgan fingerprint density at radius 1 is 1.05 bits per heavy atom. The molecule has 0 amide bonds. The molecule has 5 heteroatoms. The van der Waals surface area contributed by atoms with E-state index in [1.165, 1.54) is 12.2 Å². The van der Waals surface area contributed by atoms with Gasteiger partial charge < -0.3 is 0 Å². The van der Waals surface area contributed by atoms with E-state index >= 15 is 0 Å². The van der Waals surface area contributed by atoms with Crippen molar-refractivity contribution in [1.82, 2.24) is 0 Å². The van der Waals surface area contributed by atoms with Crippen molar-refractivity contribution in [3.05, 3.63) is 54.1 Å². The number of hydrogen-bond acceptors (Lipinski definition) is 2. The highest BCUT2D eigenvalue weighted by Gasteiger charge is 2.38. The van der Waals surface area contributed by atoms with Gasteiger partial charge in [-0.1, -0.05) is 48.6 Å². The van der Waals surface area contributed by atoms with Crippen molar-refractivity contribution < 1.29 is 22.8 Å². The second-order valence-electron chi connectivity index (χ2n) is 3.69. The van der Waals surface area contributed by atoms with Crippen LogP contribution in [0.3, 0.4) is 0 Å². The molecule has 19 heavy (non-hydrogen) atoms. The van der Waals surface area contributed by atoms with Gasteiger partial charge in [-0.2, -0.15) is 13.2 Å². The highest BCUT2D eigenvalue weighted by Crippen LogP contribution is 2.17. The zero-order chi connectivity index (χ0) is 14.3. The van der Waals surface area contributed by atoms with Crippen LogP contribution in [0.25, 0.3) is 6.08 Å². The van der Waals surface area contributed by atoms with Crippen molar-refractivity contribution in [2.45, 2.75) is 12.6 Å². The van der Waals surface area contributed by atoms with Crippen LogP contribution in [-0.2, 0) is 9.59 Å². The molecule has 0 fully saturated rings. The molecule has 0 saturated heterocycles. The van der Waals surface area contributed by atoms with Gasteiger partial charge in [-0.05, 0) is 11.6 Å². The second-order valence-corrected chi connectivity index (χ2v) is 3.69. The molecule has 0 aliphatic heterocycles. The minimum Gasteiger partial charge on any atom is -0.294 e. The minimum atomic E-state index is -4.95. The van der Waals surface area contributed by atoms with Crippen LogP contribution in [-0.4, -0.2) is 17.7 Å². The van der Waals surface area contributed by atoms with Crippen molar-refractivity contribution in [1.29, 1.82) is 0 Å². The number of benzene rings is 1. The van der Waals surface area contributed by atoms with Gasteiger partial charge in [-0.25, -0.2) is 0 Å². The summed E-state index contributed by atoms with van der Waals surface area (Å²) in [5.41, 5.74) is 0.894. The predicted molar refractivity (Wildman–Crippen MR) is 65.3 cm³/mol. The molecule has 0 unspecified atom stereocenters. The zero-order valence-corrected chi connectivity index (χ0v) is 9.85. The largest absolute Gasteiger partial charge is 0.450 e. The Labute approximate surface area is 108 Å². The van der Waals surface area contributed by atoms with Crippen LogP contribution < -0.4 is 0 Å². The van der Waals surface area contributed by atoms with Crippen LogP contribution in [0.15, 0.2) is 48.6 Å². The number of alkyl halides is 3. The first kappa shape index (κ1) is 14.9. The van der Waals surface area contributed by atoms with Crippen molar-refractivity contribution >= 4 is 17.6 Å². The summed E-state index contributed by atoms with van der Waals surface area (Å²) in [6.07, 6.45) is -0.648. The lowest BCUT2D eigenvalue weighted by atomic mass is 10.1. The summed E-state index contributed by atoms with van der Waals surface area (Å²) in [5.74, 6) is -2.91. The lowest BCUT2D eigenvalue weighted by molar-refractivity contribution is -0.171. The maximum atomic E-state index is 11.9. The van der Waals surface area contributed by atoms with Gasteiger partial charge in [0.15, 0.2) is 5.78 Å². The van der Waals surface area contributed by atoms with Gasteiger partial charge >= 0.3 is 6.18 Å². The third-order valence-corrected chi connectivity index (χ3v) is 2.13. The summed E-state index contributed by atoms with van der Waals surface area (Å²) in [5, 5.41) is 0. The van der Waals surface area contributed by atoms with E-state index in [-0.39, 0.29) is 0 Å². The normalized spacial score (nSPS) is 12.2. The number of halogens is 3. The first-order chi connectivity index (χ1) is 8.89. The Kier molecular flexibility index (Phi) is 5.23. The Hall–Kier alpha value is -2.17. The first-order valence-corrected chi connectivity index (χ1v) is 5.42. The van der Waals surface area contributed by atoms with E-state index in [0.717, 1.165) is 11.6 Å². The van der Waals surface area contributed by atoms with Crippen LogP contribution in [0.2, 0.25) is 0 Å². The van der Waals surface area contributed by atoms with E-state index in [2.05, 4.69) is 0 Å². The smallest absolute Gasteiger partial charge is 0.294 e. The summed E-state index contributed by atoms with van der Waals surface area (Å²) in [4.78, 5) is 21.6. The summed E-state index contributed by atoms with van der Waals surface area (Å²) in [6, 6.07) is 9.17. The molecule has 0 atom stereocenters. The molecule has 0 aromatic heterocycles. The lowest BCUT2D eigenvalue weighted by Crippen LogP contribution is -2.24. The molecule has 1 aromatic rings. The number of Topliss-reactive ketones (excluding diaryl/α,β-unsaturated/α-hetero) is 1. The molecule has 0 heterocycles. The summed E-state index contributed by atoms with van der Waals surface area (Å²) >= 11 is 0. The highest BCUT2D eigenvalue weighted by atomic mass is 19.4. The van der Waals surface area contributed by atoms with Crippen molar-refractivity contribution in [2.75, 3.05) is 0 Å². The fourth-order valence-electron chi connectivity index (χ4n) is 1.21. The third-order valence-electron chi connectivity index (χ3n) is 2.13. The van der Waals surface area contributed by atoms with Crippen LogP contribution in [0, 0.1) is 0 Å². The maximum absolute atomic E-state index is 11.9. The van der Waals surface area contributed by atoms with E-state index in [4.69, 9.17) is 0 Å². The molecular formula is C14H11F3O2. The summed E-state index contributed by atoms with van der Waals surface area (Å²) < 4.78 is 35.6. The molecule has 0 N–H and O–H groups in total. The fourth-order valence-corrected chi connectivity index (χ4v) is 1.21. The van der Waals surface area contributed by atoms with Crippen molar-refractivity contribution in [3.63, 3.8) is 0 Å². The number of rotatable bonds is 5. The average molecular weight is 268 g/mol. The average Bonchev–Trinajstić information content (AvgIpc) is 2.35. The molecule has 0 aliphatic rings. The number of ketones is 2. The molecule has 0 aliphatic carbocycles. The van der Waals surface area contributed by atoms with E-state index in [0.29, 0.717) is 0 Å². The first-order valence-electron chi connectivity index (χ1n) is 5.42. The quantitative estimate of drug-likeness (QED) is 0.466. The zero-order valence-electron chi connectivity index (χ0n) is 9.85. The standard InChI is InChI=1S/C14H11F3O2/c15-14(16,17)13(19)10-12(18)9-5-4-8-11-6-2-1-3-7-11/h1-9H,10H2/b8-4+,9-5+. The Bertz CT molecular complexity index is 499. The minimum absolute atomic E-state index is 0.875. The van der Waals surface area contributed by atoms with E-state index in [1.54, 1.807) is 6.08 Å². The highest BCUT2D eigenvalue weighted by molar-refractivity contribution is 6.06. The van der Waals surface area contributed by atoms with Gasteiger partial charge in [-0.3, -0.25) is 9.59 Å². The number of carbonyl (C=O) groups is 2. The molecule has 100 valence electrons. The monoisotopic (exact) mass is 268 g/mol. The Balaban J connectivity index is 2.47. The summed E-state index contributed by atoms with van der Waals surface area (Å²) in [7, 11) is 0. The Morgan fingerprint density at radius 3 is 2.26 bits per heavy atom. The van der Waals surface area contributed by atoms with Gasteiger partial charge in [-0.15, -0.1) is 0 Å². The van der Waals surface area contributed by atoms with Crippen LogP contribution >= 0.6 is 0 Å². The van der Waals surface area contributed by atoms with Gasteiger partial charge in [0.25, 0.3) is 0 Å². The molecule has 1 rings (SSSR count). The molecular weight excluding hydrogens is 257 g/mol. The van der Waals surface area contributed by atoms with E-state index in [9.17, 15) is 22.8 Å². The fraction of sp³-hybridized carbons (Fsp3) is 0.143. The molecule has 0 spiro atoms. The third kappa shape index (κ3) is 5.81. The van der Waals surface area contributed by atoms with Crippen LogP contribution in [0.4, 0.5) is 13.2 Å².